The first-order chi connectivity index (χ1) is 10.3. The lowest BCUT2D eigenvalue weighted by molar-refractivity contribution is 1.02. The van der Waals surface area contributed by atoms with Crippen LogP contribution in [0.5, 0.6) is 0 Å². The number of fused-ring (bicyclic) bond motifs is 2. The third-order valence-electron chi connectivity index (χ3n) is 6.40. The zero-order valence-electron chi connectivity index (χ0n) is 14.8. The minimum Gasteiger partial charge on any atom is -0.0646 e. The summed E-state index contributed by atoms with van der Waals surface area (Å²) in [7, 11) is -3.31. The van der Waals surface area contributed by atoms with Gasteiger partial charge in [0.25, 0.3) is 0 Å². The molecule has 2 aromatic rings. The molecule has 0 radical (unpaired) electrons. The van der Waals surface area contributed by atoms with Gasteiger partial charge in [0.15, 0.2) is 0 Å². The molecule has 0 atom stereocenters. The normalized spacial score (nSPS) is 26.9. The van der Waals surface area contributed by atoms with E-state index in [1.807, 2.05) is 0 Å². The first kappa shape index (κ1) is 15.8. The molecule has 0 aromatic heterocycles. The topological polar surface area (TPSA) is 0 Å². The summed E-state index contributed by atoms with van der Waals surface area (Å²) in [6.45, 7) is 14.9. The van der Waals surface area contributed by atoms with E-state index in [1.165, 1.54) is 0 Å². The Bertz CT molecular complexity index is 593. The summed E-state index contributed by atoms with van der Waals surface area (Å²) in [5.41, 5.74) is 1.45. The molecule has 2 heteroatoms. The zero-order valence-corrected chi connectivity index (χ0v) is 16.8. The second-order valence-corrected chi connectivity index (χ2v) is 17.1. The Hall–Kier alpha value is -1.13. The SMILES string of the molecule is CC(C)[Si]1(C)c2ccccc2[Si](C)(C(C)C)c2ccccc21. The van der Waals surface area contributed by atoms with Gasteiger partial charge in [-0.2, -0.15) is 0 Å². The first-order valence-corrected chi connectivity index (χ1v) is 13.7. The van der Waals surface area contributed by atoms with Gasteiger partial charge in [0.2, 0.25) is 0 Å². The van der Waals surface area contributed by atoms with Crippen LogP contribution in [0.4, 0.5) is 0 Å². The number of benzene rings is 2. The zero-order chi connectivity index (χ0) is 16.1. The van der Waals surface area contributed by atoms with Gasteiger partial charge in [-0.3, -0.25) is 0 Å². The van der Waals surface area contributed by atoms with Gasteiger partial charge in [-0.05, 0) is 11.1 Å². The fourth-order valence-electron chi connectivity index (χ4n) is 4.31. The van der Waals surface area contributed by atoms with Crippen LogP contribution >= 0.6 is 0 Å². The number of rotatable bonds is 2. The summed E-state index contributed by atoms with van der Waals surface area (Å²) in [5, 5.41) is 6.86. The van der Waals surface area contributed by atoms with E-state index in [9.17, 15) is 0 Å². The Morgan fingerprint density at radius 2 is 0.773 bits per heavy atom. The molecular weight excluding hydrogens is 296 g/mol. The van der Waals surface area contributed by atoms with Gasteiger partial charge in [-0.25, -0.2) is 0 Å². The van der Waals surface area contributed by atoms with Crippen LogP contribution < -0.4 is 20.7 Å². The first-order valence-electron chi connectivity index (χ1n) is 8.54. The third kappa shape index (κ3) is 1.86. The Balaban J connectivity index is 2.45. The molecule has 0 aliphatic carbocycles. The maximum Gasteiger partial charge on any atom is 0.117 e. The molecule has 1 aliphatic heterocycles. The summed E-state index contributed by atoms with van der Waals surface area (Å²) < 4.78 is 0. The average molecular weight is 325 g/mol. The molecule has 0 bridgehead atoms. The van der Waals surface area contributed by atoms with E-state index in [1.54, 1.807) is 20.7 Å². The van der Waals surface area contributed by atoms with Crippen LogP contribution in [-0.4, -0.2) is 16.1 Å². The summed E-state index contributed by atoms with van der Waals surface area (Å²) >= 11 is 0. The highest BCUT2D eigenvalue weighted by Crippen LogP contribution is 2.28. The quantitative estimate of drug-likeness (QED) is 0.744. The largest absolute Gasteiger partial charge is 0.117 e. The molecule has 1 heterocycles. The Morgan fingerprint density at radius 3 is 0.955 bits per heavy atom. The van der Waals surface area contributed by atoms with Gasteiger partial charge in [0.05, 0.1) is 0 Å². The highest BCUT2D eigenvalue weighted by molar-refractivity contribution is 7.17. The predicted molar refractivity (Wildman–Crippen MR) is 105 cm³/mol. The number of hydrogen-bond acceptors (Lipinski definition) is 0. The second-order valence-electron chi connectivity index (χ2n) is 7.81. The lowest BCUT2D eigenvalue weighted by Gasteiger charge is -2.48. The van der Waals surface area contributed by atoms with Gasteiger partial charge < -0.3 is 0 Å². The fraction of sp³-hybridized carbons (Fsp3) is 0.400. The second kappa shape index (κ2) is 5.21. The van der Waals surface area contributed by atoms with Crippen molar-refractivity contribution in [2.45, 2.75) is 51.9 Å². The van der Waals surface area contributed by atoms with Gasteiger partial charge in [0.1, 0.15) is 16.1 Å². The van der Waals surface area contributed by atoms with Gasteiger partial charge >= 0.3 is 0 Å². The molecule has 3 rings (SSSR count). The van der Waals surface area contributed by atoms with E-state index >= 15 is 0 Å². The predicted octanol–water partition coefficient (Wildman–Crippen LogP) is 3.21. The van der Waals surface area contributed by atoms with E-state index in [0.717, 1.165) is 11.1 Å². The van der Waals surface area contributed by atoms with Crippen LogP contribution in [0.1, 0.15) is 27.7 Å². The van der Waals surface area contributed by atoms with Crippen molar-refractivity contribution < 1.29 is 0 Å². The molecule has 0 nitrogen and oxygen atoms in total. The van der Waals surface area contributed by atoms with E-state index in [0.29, 0.717) is 0 Å². The van der Waals surface area contributed by atoms with Crippen LogP contribution in [0, 0.1) is 0 Å². The molecule has 0 amide bonds. The van der Waals surface area contributed by atoms with Gasteiger partial charge in [-0.15, -0.1) is 0 Å². The standard InChI is InChI=1S/C20H28Si2/c1-15(2)21(5)17-11-7-9-13-19(17)22(6,16(3)4)20-14-10-8-12-18(20)21/h7-16H,1-6H3. The molecule has 22 heavy (non-hydrogen) atoms. The number of hydrogen-bond donors (Lipinski definition) is 0. The van der Waals surface area contributed by atoms with Crippen molar-refractivity contribution in [3.8, 4) is 0 Å². The maximum absolute atomic E-state index is 2.59. The molecule has 1 aliphatic rings. The van der Waals surface area contributed by atoms with Crippen molar-refractivity contribution >= 4 is 36.9 Å². The van der Waals surface area contributed by atoms with Crippen molar-refractivity contribution in [1.82, 2.24) is 0 Å². The smallest absolute Gasteiger partial charge is 0.0646 e. The Kier molecular flexibility index (Phi) is 3.73. The van der Waals surface area contributed by atoms with Crippen molar-refractivity contribution in [3.05, 3.63) is 48.5 Å². The molecule has 0 fully saturated rings. The van der Waals surface area contributed by atoms with E-state index in [4.69, 9.17) is 0 Å². The average Bonchev–Trinajstić information content (AvgIpc) is 2.52. The monoisotopic (exact) mass is 324 g/mol. The molecule has 0 unspecified atom stereocenters. The summed E-state index contributed by atoms with van der Waals surface area (Å²) in [6, 6.07) is 18.8. The lowest BCUT2D eigenvalue weighted by atomic mass is 10.3. The van der Waals surface area contributed by atoms with Crippen LogP contribution in [0.2, 0.25) is 24.2 Å². The van der Waals surface area contributed by atoms with Crippen molar-refractivity contribution in [1.29, 1.82) is 0 Å². The highest BCUT2D eigenvalue weighted by atomic mass is 28.3. The minimum atomic E-state index is -1.66. The van der Waals surface area contributed by atoms with Crippen molar-refractivity contribution in [2.75, 3.05) is 0 Å². The molecule has 0 spiro atoms. The summed E-state index contributed by atoms with van der Waals surface area (Å²) in [6.07, 6.45) is 0. The van der Waals surface area contributed by atoms with Crippen LogP contribution in [0.15, 0.2) is 48.5 Å². The van der Waals surface area contributed by atoms with Crippen LogP contribution in [0.3, 0.4) is 0 Å². The molecule has 0 saturated heterocycles. The van der Waals surface area contributed by atoms with E-state index in [-0.39, 0.29) is 0 Å². The van der Waals surface area contributed by atoms with Gasteiger partial charge in [0, 0.05) is 0 Å². The molecule has 2 aromatic carbocycles. The van der Waals surface area contributed by atoms with Crippen molar-refractivity contribution in [2.24, 2.45) is 0 Å². The van der Waals surface area contributed by atoms with Crippen molar-refractivity contribution in [3.63, 3.8) is 0 Å². The molecular formula is C20H28Si2. The summed E-state index contributed by atoms with van der Waals surface area (Å²) in [4.78, 5) is 0. The highest BCUT2D eigenvalue weighted by Gasteiger charge is 2.50. The minimum absolute atomic E-state index is 0.723. The maximum atomic E-state index is 2.59. The third-order valence-corrected chi connectivity index (χ3v) is 17.7. The summed E-state index contributed by atoms with van der Waals surface area (Å²) in [5.74, 6) is 0. The van der Waals surface area contributed by atoms with E-state index < -0.39 is 16.1 Å². The lowest BCUT2D eigenvalue weighted by Crippen LogP contribution is -2.81. The van der Waals surface area contributed by atoms with Gasteiger partial charge in [-0.1, -0.05) is 110 Å². The van der Waals surface area contributed by atoms with Crippen LogP contribution in [0.25, 0.3) is 0 Å². The van der Waals surface area contributed by atoms with E-state index in [2.05, 4.69) is 89.3 Å². The Labute approximate surface area is 137 Å². The van der Waals surface area contributed by atoms with Crippen LogP contribution in [-0.2, 0) is 0 Å². The molecule has 0 N–H and O–H groups in total. The molecule has 116 valence electrons. The Morgan fingerprint density at radius 1 is 0.545 bits per heavy atom. The molecule has 0 saturated carbocycles. The fourth-order valence-corrected chi connectivity index (χ4v) is 14.8.